The van der Waals surface area contributed by atoms with Crippen LogP contribution in [0.3, 0.4) is 0 Å². The van der Waals surface area contributed by atoms with E-state index in [1.807, 2.05) is 30.3 Å². The molecule has 0 unspecified atom stereocenters. The molecule has 0 aliphatic heterocycles. The average Bonchev–Trinajstić information content (AvgIpc) is 2.52. The largest absolute Gasteiger partial charge is 0.370 e. The van der Waals surface area contributed by atoms with Gasteiger partial charge in [0, 0.05) is 18.8 Å². The number of benzene rings is 1. The van der Waals surface area contributed by atoms with Gasteiger partial charge in [-0.3, -0.25) is 14.9 Å². The van der Waals surface area contributed by atoms with E-state index in [1.165, 1.54) is 0 Å². The molecule has 0 aromatic heterocycles. The predicted octanol–water partition coefficient (Wildman–Crippen LogP) is 2.69. The number of Topliss-reactive ketones (excluding diaryl/α,β-unsaturated/α-hetero) is 1. The zero-order valence-electron chi connectivity index (χ0n) is 15.1. The van der Waals surface area contributed by atoms with E-state index < -0.39 is 6.04 Å². The fraction of sp³-hybridized carbons (Fsp3) is 0.526. The molecule has 1 rings (SSSR count). The molecule has 1 amide bonds. The normalized spacial score (nSPS) is 13.2. The highest BCUT2D eigenvalue weighted by Gasteiger charge is 2.19. The molecule has 5 nitrogen and oxygen atoms in total. The Morgan fingerprint density at radius 1 is 1.12 bits per heavy atom. The van der Waals surface area contributed by atoms with E-state index in [9.17, 15) is 9.59 Å². The first kappa shape index (κ1) is 19.9. The molecule has 1 atom stereocenters. The number of aliphatic imine (C=N–C) groups is 1. The van der Waals surface area contributed by atoms with Crippen LogP contribution in [-0.4, -0.2) is 23.7 Å². The number of hydrogen-bond donors (Lipinski definition) is 2. The number of carbonyl (C=O) groups excluding carboxylic acids is 2. The van der Waals surface area contributed by atoms with E-state index in [2.05, 4.69) is 24.2 Å². The Labute approximate surface area is 144 Å². The lowest BCUT2D eigenvalue weighted by Crippen LogP contribution is -2.41. The summed E-state index contributed by atoms with van der Waals surface area (Å²) in [6, 6.07) is 9.14. The second kappa shape index (κ2) is 9.85. The Morgan fingerprint density at radius 2 is 1.75 bits per heavy atom. The van der Waals surface area contributed by atoms with Crippen molar-refractivity contribution in [1.29, 1.82) is 0 Å². The molecule has 0 saturated heterocycles. The number of nitrogens with two attached hydrogens (primary N) is 1. The van der Waals surface area contributed by atoms with Crippen LogP contribution >= 0.6 is 0 Å². The Balaban J connectivity index is 2.87. The molecule has 0 radical (unpaired) electrons. The lowest BCUT2D eigenvalue weighted by Gasteiger charge is -2.15. The van der Waals surface area contributed by atoms with E-state index in [-0.39, 0.29) is 23.6 Å². The SMILES string of the molecule is CC(C)CCC(=O)[C@@H](Cc1ccccc1)N=C(N)NC(=O)C(C)C. The van der Waals surface area contributed by atoms with Crippen LogP contribution in [-0.2, 0) is 16.0 Å². The highest BCUT2D eigenvalue weighted by molar-refractivity contribution is 5.98. The zero-order chi connectivity index (χ0) is 18.1. The van der Waals surface area contributed by atoms with Gasteiger partial charge in [-0.15, -0.1) is 0 Å². The van der Waals surface area contributed by atoms with Gasteiger partial charge in [-0.25, -0.2) is 4.99 Å². The van der Waals surface area contributed by atoms with Gasteiger partial charge in [0.05, 0.1) is 0 Å². The van der Waals surface area contributed by atoms with Crippen LogP contribution in [0.15, 0.2) is 35.3 Å². The molecule has 1 aromatic rings. The van der Waals surface area contributed by atoms with Crippen molar-refractivity contribution < 1.29 is 9.59 Å². The van der Waals surface area contributed by atoms with Gasteiger partial charge in [0.15, 0.2) is 11.7 Å². The number of carbonyl (C=O) groups is 2. The van der Waals surface area contributed by atoms with E-state index in [0.717, 1.165) is 12.0 Å². The quantitative estimate of drug-likeness (QED) is 0.567. The lowest BCUT2D eigenvalue weighted by molar-refractivity contribution is -0.123. The minimum absolute atomic E-state index is 0.00697. The van der Waals surface area contributed by atoms with E-state index >= 15 is 0 Å². The number of nitrogens with one attached hydrogen (secondary N) is 1. The summed E-state index contributed by atoms with van der Waals surface area (Å²) in [6.07, 6.45) is 1.76. The molecular formula is C19H29N3O2. The second-order valence-corrected chi connectivity index (χ2v) is 6.76. The van der Waals surface area contributed by atoms with Crippen molar-refractivity contribution in [3.05, 3.63) is 35.9 Å². The molecule has 132 valence electrons. The Kier molecular flexibility index (Phi) is 8.16. The van der Waals surface area contributed by atoms with Crippen LogP contribution in [0.1, 0.15) is 46.1 Å². The maximum Gasteiger partial charge on any atom is 0.229 e. The molecule has 0 spiro atoms. The Hall–Kier alpha value is -2.17. The smallest absolute Gasteiger partial charge is 0.229 e. The first-order valence-electron chi connectivity index (χ1n) is 8.50. The van der Waals surface area contributed by atoms with Crippen LogP contribution in [0, 0.1) is 11.8 Å². The number of guanidine groups is 1. The van der Waals surface area contributed by atoms with Crippen molar-refractivity contribution in [2.45, 2.75) is 53.0 Å². The topological polar surface area (TPSA) is 84.6 Å². The molecule has 0 fully saturated rings. The predicted molar refractivity (Wildman–Crippen MR) is 97.6 cm³/mol. The number of ketones is 1. The third-order valence-corrected chi connectivity index (χ3v) is 3.68. The van der Waals surface area contributed by atoms with Crippen molar-refractivity contribution in [2.24, 2.45) is 22.6 Å². The number of nitrogens with zero attached hydrogens (tertiary/aromatic N) is 1. The third kappa shape index (κ3) is 7.40. The molecule has 0 aliphatic carbocycles. The van der Waals surface area contributed by atoms with Gasteiger partial charge < -0.3 is 5.73 Å². The fourth-order valence-corrected chi connectivity index (χ4v) is 2.14. The standard InChI is InChI=1S/C19H29N3O2/c1-13(2)10-11-17(23)16(12-15-8-6-5-7-9-15)21-19(20)22-18(24)14(3)4/h5-9,13-14,16H,10-12H2,1-4H3,(H3,20,21,22,24)/t16-/m1/s1. The highest BCUT2D eigenvalue weighted by atomic mass is 16.2. The summed E-state index contributed by atoms with van der Waals surface area (Å²) < 4.78 is 0. The number of rotatable bonds is 8. The monoisotopic (exact) mass is 331 g/mol. The van der Waals surface area contributed by atoms with Gasteiger partial charge in [-0.2, -0.15) is 0 Å². The first-order chi connectivity index (χ1) is 11.3. The minimum atomic E-state index is -0.571. The molecule has 0 bridgehead atoms. The number of amides is 1. The zero-order valence-corrected chi connectivity index (χ0v) is 15.1. The summed E-state index contributed by atoms with van der Waals surface area (Å²) in [5, 5.41) is 2.55. The maximum atomic E-state index is 12.5. The van der Waals surface area contributed by atoms with Gasteiger partial charge in [0.1, 0.15) is 6.04 Å². The average molecular weight is 331 g/mol. The molecule has 0 aliphatic rings. The summed E-state index contributed by atoms with van der Waals surface area (Å²) in [5.41, 5.74) is 6.85. The van der Waals surface area contributed by atoms with Gasteiger partial charge in [-0.1, -0.05) is 58.0 Å². The van der Waals surface area contributed by atoms with Crippen molar-refractivity contribution in [3.63, 3.8) is 0 Å². The third-order valence-electron chi connectivity index (χ3n) is 3.68. The van der Waals surface area contributed by atoms with Gasteiger partial charge in [0.2, 0.25) is 5.91 Å². The van der Waals surface area contributed by atoms with Gasteiger partial charge in [-0.05, 0) is 17.9 Å². The molecular weight excluding hydrogens is 302 g/mol. The second-order valence-electron chi connectivity index (χ2n) is 6.76. The molecule has 1 aromatic carbocycles. The lowest BCUT2D eigenvalue weighted by atomic mass is 9.97. The molecule has 24 heavy (non-hydrogen) atoms. The maximum absolute atomic E-state index is 12.5. The van der Waals surface area contributed by atoms with Crippen LogP contribution in [0.25, 0.3) is 0 Å². The summed E-state index contributed by atoms with van der Waals surface area (Å²) >= 11 is 0. The fourth-order valence-electron chi connectivity index (χ4n) is 2.14. The summed E-state index contributed by atoms with van der Waals surface area (Å²) in [6.45, 7) is 7.72. The first-order valence-corrected chi connectivity index (χ1v) is 8.50. The van der Waals surface area contributed by atoms with Crippen molar-refractivity contribution in [2.75, 3.05) is 0 Å². The van der Waals surface area contributed by atoms with Crippen molar-refractivity contribution in [3.8, 4) is 0 Å². The van der Waals surface area contributed by atoms with Crippen molar-refractivity contribution in [1.82, 2.24) is 5.32 Å². The Bertz CT molecular complexity index is 565. The molecule has 3 N–H and O–H groups in total. The molecule has 0 saturated carbocycles. The molecule has 0 heterocycles. The highest BCUT2D eigenvalue weighted by Crippen LogP contribution is 2.12. The van der Waals surface area contributed by atoms with E-state index in [4.69, 9.17) is 5.73 Å². The number of hydrogen-bond acceptors (Lipinski definition) is 3. The molecule has 5 heteroatoms. The summed E-state index contributed by atoms with van der Waals surface area (Å²) in [5.74, 6) is 0.113. The van der Waals surface area contributed by atoms with E-state index in [0.29, 0.717) is 18.8 Å². The van der Waals surface area contributed by atoms with Crippen LogP contribution in [0.5, 0.6) is 0 Å². The van der Waals surface area contributed by atoms with Crippen LogP contribution in [0.4, 0.5) is 0 Å². The van der Waals surface area contributed by atoms with Crippen LogP contribution in [0.2, 0.25) is 0 Å². The minimum Gasteiger partial charge on any atom is -0.370 e. The van der Waals surface area contributed by atoms with Crippen molar-refractivity contribution >= 4 is 17.6 Å². The Morgan fingerprint density at radius 3 is 2.29 bits per heavy atom. The van der Waals surface area contributed by atoms with E-state index in [1.54, 1.807) is 13.8 Å². The van der Waals surface area contributed by atoms with Gasteiger partial charge in [0.25, 0.3) is 0 Å². The summed E-state index contributed by atoms with van der Waals surface area (Å²) in [7, 11) is 0. The van der Waals surface area contributed by atoms with Crippen LogP contribution < -0.4 is 11.1 Å². The summed E-state index contributed by atoms with van der Waals surface area (Å²) in [4.78, 5) is 28.5. The van der Waals surface area contributed by atoms with Gasteiger partial charge >= 0.3 is 0 Å².